The fourth-order valence-corrected chi connectivity index (χ4v) is 4.01. The van der Waals surface area contributed by atoms with Crippen molar-refractivity contribution in [2.24, 2.45) is 0 Å². The maximum Gasteiger partial charge on any atom is 0.271 e. The SMILES string of the molecule is CN(C)C(=O)c1cccc(CN2CC3(CC3)c3cc(Br)ccc3C2=O)n1. The third-order valence-corrected chi connectivity index (χ3v) is 5.70. The van der Waals surface area contributed by atoms with Crippen molar-refractivity contribution >= 4 is 27.7 Å². The van der Waals surface area contributed by atoms with Gasteiger partial charge in [0.15, 0.2) is 0 Å². The Morgan fingerprint density at radius 2 is 2.04 bits per heavy atom. The molecule has 2 aliphatic rings. The van der Waals surface area contributed by atoms with E-state index >= 15 is 0 Å². The van der Waals surface area contributed by atoms with Crippen LogP contribution in [0.4, 0.5) is 0 Å². The van der Waals surface area contributed by atoms with E-state index in [-0.39, 0.29) is 17.2 Å². The molecular formula is C20H20BrN3O2. The molecule has 0 unspecified atom stereocenters. The van der Waals surface area contributed by atoms with Crippen LogP contribution in [0, 0.1) is 0 Å². The van der Waals surface area contributed by atoms with Crippen molar-refractivity contribution in [1.82, 2.24) is 14.8 Å². The van der Waals surface area contributed by atoms with Gasteiger partial charge in [0.05, 0.1) is 12.2 Å². The summed E-state index contributed by atoms with van der Waals surface area (Å²) in [7, 11) is 3.41. The first-order chi connectivity index (χ1) is 12.4. The predicted molar refractivity (Wildman–Crippen MR) is 102 cm³/mol. The van der Waals surface area contributed by atoms with Crippen LogP contribution in [0.25, 0.3) is 0 Å². The summed E-state index contributed by atoms with van der Waals surface area (Å²) in [6.07, 6.45) is 2.21. The van der Waals surface area contributed by atoms with Gasteiger partial charge in [-0.15, -0.1) is 0 Å². The Bertz CT molecular complexity index is 906. The van der Waals surface area contributed by atoms with Gasteiger partial charge in [0, 0.05) is 36.1 Å². The number of hydrogen-bond acceptors (Lipinski definition) is 3. The zero-order chi connectivity index (χ0) is 18.5. The Balaban J connectivity index is 1.62. The van der Waals surface area contributed by atoms with Gasteiger partial charge in [-0.3, -0.25) is 9.59 Å². The summed E-state index contributed by atoms with van der Waals surface area (Å²) >= 11 is 3.52. The van der Waals surface area contributed by atoms with Crippen molar-refractivity contribution in [1.29, 1.82) is 0 Å². The first-order valence-electron chi connectivity index (χ1n) is 8.66. The van der Waals surface area contributed by atoms with Crippen molar-refractivity contribution < 1.29 is 9.59 Å². The molecular weight excluding hydrogens is 394 g/mol. The Morgan fingerprint density at radius 3 is 2.73 bits per heavy atom. The molecule has 0 saturated heterocycles. The van der Waals surface area contributed by atoms with Crippen molar-refractivity contribution in [2.75, 3.05) is 20.6 Å². The molecule has 2 heterocycles. The van der Waals surface area contributed by atoms with E-state index in [4.69, 9.17) is 0 Å². The molecule has 134 valence electrons. The number of hydrogen-bond donors (Lipinski definition) is 0. The number of halogens is 1. The fourth-order valence-electron chi connectivity index (χ4n) is 3.65. The summed E-state index contributed by atoms with van der Waals surface area (Å²) in [5.41, 5.74) is 3.18. The topological polar surface area (TPSA) is 53.5 Å². The first kappa shape index (κ1) is 17.2. The van der Waals surface area contributed by atoms with Gasteiger partial charge in [0.1, 0.15) is 5.69 Å². The smallest absolute Gasteiger partial charge is 0.271 e. The van der Waals surface area contributed by atoms with Crippen LogP contribution < -0.4 is 0 Å². The van der Waals surface area contributed by atoms with Crippen LogP contribution in [0.15, 0.2) is 40.9 Å². The number of carbonyl (C=O) groups excluding carboxylic acids is 2. The number of amides is 2. The van der Waals surface area contributed by atoms with Gasteiger partial charge in [0.2, 0.25) is 0 Å². The molecule has 26 heavy (non-hydrogen) atoms. The Morgan fingerprint density at radius 1 is 1.27 bits per heavy atom. The van der Waals surface area contributed by atoms with E-state index in [0.717, 1.165) is 34.1 Å². The highest BCUT2D eigenvalue weighted by Crippen LogP contribution is 2.52. The molecule has 6 heteroatoms. The molecule has 0 N–H and O–H groups in total. The molecule has 1 aromatic carbocycles. The van der Waals surface area contributed by atoms with Gasteiger partial charge in [0.25, 0.3) is 11.8 Å². The molecule has 0 bridgehead atoms. The second-order valence-electron chi connectivity index (χ2n) is 7.35. The number of pyridine rings is 1. The van der Waals surface area contributed by atoms with E-state index < -0.39 is 0 Å². The molecule has 2 amide bonds. The van der Waals surface area contributed by atoms with Crippen LogP contribution in [-0.2, 0) is 12.0 Å². The lowest BCUT2D eigenvalue weighted by atomic mass is 9.86. The molecule has 1 aliphatic carbocycles. The Hall–Kier alpha value is -2.21. The lowest BCUT2D eigenvalue weighted by molar-refractivity contribution is 0.0696. The first-order valence-corrected chi connectivity index (χ1v) is 9.46. The normalized spacial score (nSPS) is 17.2. The van der Waals surface area contributed by atoms with Gasteiger partial charge in [-0.05, 0) is 48.7 Å². The summed E-state index contributed by atoms with van der Waals surface area (Å²) in [5, 5.41) is 0. The monoisotopic (exact) mass is 413 g/mol. The zero-order valence-electron chi connectivity index (χ0n) is 14.8. The highest BCUT2D eigenvalue weighted by molar-refractivity contribution is 9.10. The molecule has 2 aromatic rings. The zero-order valence-corrected chi connectivity index (χ0v) is 16.4. The quantitative estimate of drug-likeness (QED) is 0.775. The van der Waals surface area contributed by atoms with Crippen molar-refractivity contribution in [3.05, 3.63) is 63.4 Å². The minimum Gasteiger partial charge on any atom is -0.343 e. The minimum absolute atomic E-state index is 0.0381. The van der Waals surface area contributed by atoms with Crippen molar-refractivity contribution in [3.63, 3.8) is 0 Å². The Labute approximate surface area is 161 Å². The third-order valence-electron chi connectivity index (χ3n) is 5.20. The minimum atomic E-state index is -0.134. The van der Waals surface area contributed by atoms with E-state index in [0.29, 0.717) is 18.8 Å². The number of fused-ring (bicyclic) bond motifs is 2. The molecule has 1 fully saturated rings. The van der Waals surface area contributed by atoms with Crippen LogP contribution >= 0.6 is 15.9 Å². The third kappa shape index (κ3) is 2.92. The van der Waals surface area contributed by atoms with E-state index in [1.165, 1.54) is 4.90 Å². The van der Waals surface area contributed by atoms with Gasteiger partial charge in [-0.1, -0.05) is 22.0 Å². The van der Waals surface area contributed by atoms with Crippen molar-refractivity contribution in [3.8, 4) is 0 Å². The summed E-state index contributed by atoms with van der Waals surface area (Å²) in [4.78, 5) is 33.0. The largest absolute Gasteiger partial charge is 0.343 e. The molecule has 1 aromatic heterocycles. The lowest BCUT2D eigenvalue weighted by Gasteiger charge is -2.34. The van der Waals surface area contributed by atoms with Gasteiger partial charge < -0.3 is 9.80 Å². The summed E-state index contributed by atoms with van der Waals surface area (Å²) in [6, 6.07) is 11.3. The molecule has 5 nitrogen and oxygen atoms in total. The predicted octanol–water partition coefficient (Wildman–Crippen LogP) is 3.23. The van der Waals surface area contributed by atoms with Gasteiger partial charge in [-0.2, -0.15) is 0 Å². The second-order valence-corrected chi connectivity index (χ2v) is 8.26. The number of rotatable bonds is 3. The molecule has 4 rings (SSSR count). The Kier molecular flexibility index (Phi) is 4.10. The lowest BCUT2D eigenvalue weighted by Crippen LogP contribution is -2.43. The van der Waals surface area contributed by atoms with Crippen LogP contribution in [0.2, 0.25) is 0 Å². The molecule has 1 aliphatic heterocycles. The van der Waals surface area contributed by atoms with Crippen LogP contribution in [-0.4, -0.2) is 47.2 Å². The van der Waals surface area contributed by atoms with E-state index in [1.54, 1.807) is 20.2 Å². The van der Waals surface area contributed by atoms with E-state index in [9.17, 15) is 9.59 Å². The average Bonchev–Trinajstić information content (AvgIpc) is 3.39. The van der Waals surface area contributed by atoms with E-state index in [1.807, 2.05) is 29.2 Å². The standard InChI is InChI=1S/C20H20BrN3O2/c1-23(2)19(26)17-5-3-4-14(22-17)11-24-12-20(8-9-20)16-10-13(21)6-7-15(16)18(24)25/h3-7,10H,8-9,11-12H2,1-2H3. The summed E-state index contributed by atoms with van der Waals surface area (Å²) < 4.78 is 1.01. The summed E-state index contributed by atoms with van der Waals surface area (Å²) in [6.45, 7) is 1.13. The highest BCUT2D eigenvalue weighted by Gasteiger charge is 2.51. The van der Waals surface area contributed by atoms with Gasteiger partial charge in [-0.25, -0.2) is 4.98 Å². The highest BCUT2D eigenvalue weighted by atomic mass is 79.9. The van der Waals surface area contributed by atoms with Gasteiger partial charge >= 0.3 is 0 Å². The molecule has 1 saturated carbocycles. The molecule has 0 atom stereocenters. The van der Waals surface area contributed by atoms with Crippen LogP contribution in [0.5, 0.6) is 0 Å². The number of carbonyl (C=O) groups is 2. The number of aromatic nitrogens is 1. The molecule has 1 spiro atoms. The average molecular weight is 414 g/mol. The van der Waals surface area contributed by atoms with Crippen molar-refractivity contribution in [2.45, 2.75) is 24.8 Å². The molecule has 0 radical (unpaired) electrons. The van der Waals surface area contributed by atoms with Crippen LogP contribution in [0.3, 0.4) is 0 Å². The fraction of sp³-hybridized carbons (Fsp3) is 0.350. The number of benzene rings is 1. The maximum atomic E-state index is 13.0. The van der Waals surface area contributed by atoms with Crippen LogP contribution in [0.1, 0.15) is 44.9 Å². The van der Waals surface area contributed by atoms with E-state index in [2.05, 4.69) is 27.0 Å². The number of nitrogens with zero attached hydrogens (tertiary/aromatic N) is 3. The second kappa shape index (κ2) is 6.20. The summed E-state index contributed by atoms with van der Waals surface area (Å²) in [5.74, 6) is -0.0955. The maximum absolute atomic E-state index is 13.0.